The van der Waals surface area contributed by atoms with Crippen LogP contribution in [0.15, 0.2) is 191 Å². The minimum atomic E-state index is 0.519. The van der Waals surface area contributed by atoms with Gasteiger partial charge in [-0.15, -0.1) is 0 Å². The maximum Gasteiger partial charge on any atom is 0.167 e. The van der Waals surface area contributed by atoms with Crippen LogP contribution in [0.4, 0.5) is 0 Å². The van der Waals surface area contributed by atoms with Gasteiger partial charge in [0.1, 0.15) is 16.7 Å². The quantitative estimate of drug-likeness (QED) is 0.176. The topological polar surface area (TPSA) is 69.9 Å². The normalized spacial score (nSPS) is 11.9. The summed E-state index contributed by atoms with van der Waals surface area (Å²) in [7, 11) is 0. The van der Waals surface area contributed by atoms with Crippen LogP contribution in [0.25, 0.3) is 117 Å². The molecule has 6 nitrogen and oxygen atoms in total. The van der Waals surface area contributed by atoms with Crippen molar-refractivity contribution in [1.82, 2.24) is 19.5 Å². The number of fused-ring (bicyclic) bond motifs is 10. The van der Waals surface area contributed by atoms with Crippen molar-refractivity contribution in [2.24, 2.45) is 0 Å². The van der Waals surface area contributed by atoms with E-state index < -0.39 is 0 Å². The molecule has 12 rings (SSSR count). The minimum Gasteiger partial charge on any atom is -0.456 e. The average Bonchev–Trinajstić information content (AvgIpc) is 3.96. The number of nitrogens with zero attached hydrogens (tertiary/aromatic N) is 4. The van der Waals surface area contributed by atoms with Crippen LogP contribution < -0.4 is 0 Å². The van der Waals surface area contributed by atoms with Crippen molar-refractivity contribution < 1.29 is 8.83 Å². The Morgan fingerprint density at radius 3 is 1.77 bits per heavy atom. The third kappa shape index (κ3) is 4.94. The van der Waals surface area contributed by atoms with Gasteiger partial charge in [0.25, 0.3) is 0 Å². The summed E-state index contributed by atoms with van der Waals surface area (Å²) in [5.74, 6) is 1.63. The molecule has 0 spiro atoms. The maximum atomic E-state index is 7.18. The second-order valence-corrected chi connectivity index (χ2v) is 14.4. The van der Waals surface area contributed by atoms with Gasteiger partial charge in [-0.1, -0.05) is 127 Å². The Kier molecular flexibility index (Phi) is 6.83. The first-order chi connectivity index (χ1) is 28.2. The summed E-state index contributed by atoms with van der Waals surface area (Å²) in [5, 5.41) is 6.42. The van der Waals surface area contributed by atoms with Gasteiger partial charge >= 0.3 is 0 Å². The van der Waals surface area contributed by atoms with Crippen molar-refractivity contribution in [2.45, 2.75) is 0 Å². The molecule has 6 heteroatoms. The maximum absolute atomic E-state index is 7.18. The highest BCUT2D eigenvalue weighted by molar-refractivity contribution is 6.23. The summed E-state index contributed by atoms with van der Waals surface area (Å²) in [6, 6.07) is 62.6. The number of hydrogen-bond acceptors (Lipinski definition) is 5. The highest BCUT2D eigenvalue weighted by atomic mass is 16.3. The van der Waals surface area contributed by atoms with E-state index >= 15 is 0 Å². The van der Waals surface area contributed by atoms with E-state index in [1.807, 2.05) is 66.7 Å². The summed E-state index contributed by atoms with van der Waals surface area (Å²) in [6.45, 7) is 0. The predicted molar refractivity (Wildman–Crippen MR) is 230 cm³/mol. The number of aromatic nitrogens is 4. The minimum absolute atomic E-state index is 0.519. The van der Waals surface area contributed by atoms with Crippen LogP contribution in [0, 0.1) is 0 Å². The molecule has 0 amide bonds. The summed E-state index contributed by atoms with van der Waals surface area (Å²) in [4.78, 5) is 15.5. The Hall–Kier alpha value is -7.83. The van der Waals surface area contributed by atoms with Crippen LogP contribution in [0.5, 0.6) is 0 Å². The molecule has 0 saturated heterocycles. The molecule has 4 aromatic heterocycles. The fraction of sp³-hybridized carbons (Fsp3) is 0. The molecule has 0 radical (unpaired) electrons. The molecule has 0 fully saturated rings. The van der Waals surface area contributed by atoms with E-state index in [9.17, 15) is 0 Å². The van der Waals surface area contributed by atoms with Gasteiger partial charge in [-0.25, -0.2) is 15.0 Å². The number of para-hydroxylation sites is 3. The molecule has 0 atom stereocenters. The summed E-state index contributed by atoms with van der Waals surface area (Å²) in [5.41, 5.74) is 11.0. The van der Waals surface area contributed by atoms with E-state index in [1.165, 1.54) is 5.39 Å². The van der Waals surface area contributed by atoms with Crippen molar-refractivity contribution in [3.63, 3.8) is 0 Å². The van der Waals surface area contributed by atoms with Gasteiger partial charge in [0.2, 0.25) is 0 Å². The van der Waals surface area contributed by atoms with Crippen molar-refractivity contribution in [2.75, 3.05) is 0 Å². The van der Waals surface area contributed by atoms with Gasteiger partial charge in [0.15, 0.2) is 23.1 Å². The molecule has 0 N–H and O–H groups in total. The van der Waals surface area contributed by atoms with Crippen molar-refractivity contribution in [1.29, 1.82) is 0 Å². The Labute approximate surface area is 325 Å². The van der Waals surface area contributed by atoms with E-state index in [-0.39, 0.29) is 0 Å². The Balaban J connectivity index is 1.17. The molecule has 0 unspecified atom stereocenters. The Morgan fingerprint density at radius 2 is 0.965 bits per heavy atom. The van der Waals surface area contributed by atoms with Crippen LogP contribution in [0.1, 0.15) is 0 Å². The molecule has 57 heavy (non-hydrogen) atoms. The predicted octanol–water partition coefficient (Wildman–Crippen LogP) is 13.4. The lowest BCUT2D eigenvalue weighted by atomic mass is 9.98. The molecule has 0 aliphatic carbocycles. The second-order valence-electron chi connectivity index (χ2n) is 14.4. The molecule has 12 aromatic rings. The SMILES string of the molecule is c1ccc(-c2cc(-c3nc(-c4ccccc4)nc(-c4ccc5c(c4)oc4ccccc45)n3)c3oc4c(ccc5c6ccccc6n(-c6ccccc6)c54)c3c2)cc1. The molecule has 4 heterocycles. The zero-order valence-corrected chi connectivity index (χ0v) is 30.4. The van der Waals surface area contributed by atoms with E-state index in [1.54, 1.807) is 0 Å². The molecule has 0 aliphatic rings. The lowest BCUT2D eigenvalue weighted by molar-refractivity contribution is 0.669. The molecule has 0 saturated carbocycles. The number of benzene rings is 8. The third-order valence-corrected chi connectivity index (χ3v) is 11.0. The van der Waals surface area contributed by atoms with Gasteiger partial charge in [0.05, 0.1) is 16.6 Å². The van der Waals surface area contributed by atoms with Gasteiger partial charge in [-0.3, -0.25) is 0 Å². The van der Waals surface area contributed by atoms with E-state index in [2.05, 4.69) is 120 Å². The lowest BCUT2D eigenvalue weighted by Crippen LogP contribution is -2.00. The average molecular weight is 731 g/mol. The largest absolute Gasteiger partial charge is 0.456 e. The highest BCUT2D eigenvalue weighted by Gasteiger charge is 2.23. The molecule has 266 valence electrons. The molecular weight excluding hydrogens is 701 g/mol. The van der Waals surface area contributed by atoms with Gasteiger partial charge in [-0.05, 0) is 65.7 Å². The van der Waals surface area contributed by atoms with Crippen molar-refractivity contribution in [3.8, 4) is 51.0 Å². The van der Waals surface area contributed by atoms with Crippen molar-refractivity contribution >= 4 is 65.7 Å². The summed E-state index contributed by atoms with van der Waals surface area (Å²) in [6.07, 6.45) is 0. The zero-order valence-electron chi connectivity index (χ0n) is 30.4. The molecule has 0 bridgehead atoms. The zero-order chi connectivity index (χ0) is 37.5. The van der Waals surface area contributed by atoms with Gasteiger partial charge < -0.3 is 13.4 Å². The van der Waals surface area contributed by atoms with E-state index in [0.29, 0.717) is 23.1 Å². The van der Waals surface area contributed by atoms with E-state index in [4.69, 9.17) is 23.8 Å². The van der Waals surface area contributed by atoms with Crippen LogP contribution in [-0.2, 0) is 0 Å². The first kappa shape index (κ1) is 31.5. The standard InChI is InChI=1S/C51H30N4O2/c1-4-14-31(15-5-1)34-28-41-40-27-26-39-36-20-10-12-22-43(36)55(35-18-8-3-9-19-35)46(39)48(40)57-47(41)42(29-34)51-53-49(32-16-6-2-7-17-32)52-50(54-51)33-24-25-38-37-21-11-13-23-44(37)56-45(38)30-33/h1-30H. The molecular formula is C51H30N4O2. The van der Waals surface area contributed by atoms with Gasteiger partial charge in [-0.2, -0.15) is 0 Å². The number of furan rings is 2. The second kappa shape index (κ2) is 12.3. The fourth-order valence-corrected chi connectivity index (χ4v) is 8.40. The summed E-state index contributed by atoms with van der Waals surface area (Å²) >= 11 is 0. The van der Waals surface area contributed by atoms with Crippen LogP contribution in [-0.4, -0.2) is 19.5 Å². The molecule has 0 aliphatic heterocycles. The summed E-state index contributed by atoms with van der Waals surface area (Å²) < 4.78 is 15.8. The van der Waals surface area contributed by atoms with Gasteiger partial charge in [0, 0.05) is 49.1 Å². The number of rotatable bonds is 5. The number of hydrogen-bond donors (Lipinski definition) is 0. The first-order valence-electron chi connectivity index (χ1n) is 19.0. The Bertz CT molecular complexity index is 3510. The first-order valence-corrected chi connectivity index (χ1v) is 19.0. The van der Waals surface area contributed by atoms with Crippen LogP contribution in [0.3, 0.4) is 0 Å². The Morgan fingerprint density at radius 1 is 0.351 bits per heavy atom. The monoisotopic (exact) mass is 730 g/mol. The van der Waals surface area contributed by atoms with Crippen molar-refractivity contribution in [3.05, 3.63) is 182 Å². The smallest absolute Gasteiger partial charge is 0.167 e. The van der Waals surface area contributed by atoms with Crippen LogP contribution >= 0.6 is 0 Å². The molecule has 8 aromatic carbocycles. The highest BCUT2D eigenvalue weighted by Crippen LogP contribution is 2.44. The third-order valence-electron chi connectivity index (χ3n) is 11.0. The van der Waals surface area contributed by atoms with Crippen LogP contribution in [0.2, 0.25) is 0 Å². The lowest BCUT2D eigenvalue weighted by Gasteiger charge is -2.10. The van der Waals surface area contributed by atoms with E-state index in [0.717, 1.165) is 88.2 Å². The fourth-order valence-electron chi connectivity index (χ4n) is 8.40.